The van der Waals surface area contributed by atoms with Crippen molar-refractivity contribution in [1.29, 1.82) is 0 Å². The Bertz CT molecular complexity index is 1180. The summed E-state index contributed by atoms with van der Waals surface area (Å²) in [6.07, 6.45) is 5.45. The normalized spacial score (nSPS) is 12.6. The molecule has 2 N–H and O–H groups in total. The molecule has 0 bridgehead atoms. The molecule has 204 valence electrons. The number of hydrogen-bond donors (Lipinski definition) is 2. The van der Waals surface area contributed by atoms with Crippen LogP contribution in [0.25, 0.3) is 0 Å². The van der Waals surface area contributed by atoms with Crippen molar-refractivity contribution in [3.8, 4) is 18.2 Å². The fraction of sp³-hybridized carbons (Fsp3) is 0.433. The first-order valence-corrected chi connectivity index (χ1v) is 12.6. The predicted molar refractivity (Wildman–Crippen MR) is 149 cm³/mol. The number of aryl methyl sites for hydroxylation is 2. The van der Waals surface area contributed by atoms with Crippen LogP contribution in [0.15, 0.2) is 42.5 Å². The molecule has 0 spiro atoms. The second-order valence-corrected chi connectivity index (χ2v) is 10.6. The molecule has 3 amide bonds. The van der Waals surface area contributed by atoms with Crippen molar-refractivity contribution >= 4 is 23.6 Å². The van der Waals surface area contributed by atoms with Gasteiger partial charge < -0.3 is 20.1 Å². The molecule has 2 aromatic rings. The first kappa shape index (κ1) is 30.2. The summed E-state index contributed by atoms with van der Waals surface area (Å²) in [5.74, 6) is -0.386. The van der Waals surface area contributed by atoms with Crippen LogP contribution in [-0.4, -0.2) is 41.6 Å². The van der Waals surface area contributed by atoms with Gasteiger partial charge in [0.05, 0.1) is 7.11 Å². The maximum absolute atomic E-state index is 13.9. The summed E-state index contributed by atoms with van der Waals surface area (Å²) in [6, 6.07) is 12.7. The summed E-state index contributed by atoms with van der Waals surface area (Å²) < 4.78 is 10.6. The number of benzene rings is 2. The molecule has 0 aliphatic carbocycles. The van der Waals surface area contributed by atoms with E-state index in [0.717, 1.165) is 16.0 Å². The average Bonchev–Trinajstić information content (AvgIpc) is 2.82. The topological polar surface area (TPSA) is 97.0 Å². The highest BCUT2D eigenvalue weighted by molar-refractivity contribution is 5.99. The summed E-state index contributed by atoms with van der Waals surface area (Å²) in [5, 5.41) is 5.52. The number of nitrogens with zero attached hydrogens (tertiary/aromatic N) is 1. The van der Waals surface area contributed by atoms with Crippen LogP contribution in [0.5, 0.6) is 5.75 Å². The zero-order valence-corrected chi connectivity index (χ0v) is 23.5. The van der Waals surface area contributed by atoms with E-state index >= 15 is 0 Å². The van der Waals surface area contributed by atoms with Gasteiger partial charge in [-0.25, -0.2) is 4.79 Å². The van der Waals surface area contributed by atoms with Gasteiger partial charge in [-0.2, -0.15) is 0 Å². The van der Waals surface area contributed by atoms with E-state index in [-0.39, 0.29) is 5.92 Å². The Morgan fingerprint density at radius 1 is 1.05 bits per heavy atom. The molecule has 0 aliphatic rings. The van der Waals surface area contributed by atoms with Crippen molar-refractivity contribution in [3.63, 3.8) is 0 Å². The Kier molecular flexibility index (Phi) is 10.3. The summed E-state index contributed by atoms with van der Waals surface area (Å²) in [6.45, 7) is 12.8. The molecule has 0 saturated carbocycles. The van der Waals surface area contributed by atoms with Crippen LogP contribution in [0, 0.1) is 32.2 Å². The maximum atomic E-state index is 13.9. The van der Waals surface area contributed by atoms with Crippen LogP contribution >= 0.6 is 0 Å². The molecule has 8 nitrogen and oxygen atoms in total. The second-order valence-electron chi connectivity index (χ2n) is 10.6. The summed E-state index contributed by atoms with van der Waals surface area (Å²) in [7, 11) is 1.55. The summed E-state index contributed by atoms with van der Waals surface area (Å²) in [4.78, 5) is 41.3. The molecular formula is C30H39N3O5. The number of nitrogens with one attached hydrogen (secondary N) is 2. The molecule has 38 heavy (non-hydrogen) atoms. The van der Waals surface area contributed by atoms with E-state index in [9.17, 15) is 14.4 Å². The lowest BCUT2D eigenvalue weighted by atomic mass is 9.95. The highest BCUT2D eigenvalue weighted by atomic mass is 16.6. The number of carbonyl (C=O) groups is 3. The van der Waals surface area contributed by atoms with Gasteiger partial charge >= 0.3 is 6.09 Å². The molecule has 2 rings (SSSR count). The van der Waals surface area contributed by atoms with Gasteiger partial charge in [-0.3, -0.25) is 14.5 Å². The average molecular weight is 522 g/mol. The number of alkyl carbamates (subject to hydrolysis) is 1. The minimum absolute atomic E-state index is 0.0470. The number of carbonyl (C=O) groups excluding carboxylic acids is 3. The third-order valence-electron chi connectivity index (χ3n) is 5.67. The van der Waals surface area contributed by atoms with Gasteiger partial charge in [0.2, 0.25) is 0 Å². The first-order valence-electron chi connectivity index (χ1n) is 12.6. The Balaban J connectivity index is 2.50. The van der Waals surface area contributed by atoms with E-state index in [2.05, 4.69) is 16.7 Å². The van der Waals surface area contributed by atoms with Gasteiger partial charge in [0.1, 0.15) is 23.4 Å². The minimum Gasteiger partial charge on any atom is -0.497 e. The van der Waals surface area contributed by atoms with E-state index in [1.165, 1.54) is 0 Å². The quantitative estimate of drug-likeness (QED) is 0.343. The van der Waals surface area contributed by atoms with Crippen molar-refractivity contribution in [3.05, 3.63) is 59.2 Å². The highest BCUT2D eigenvalue weighted by Gasteiger charge is 2.37. The van der Waals surface area contributed by atoms with Gasteiger partial charge in [0.25, 0.3) is 11.8 Å². The van der Waals surface area contributed by atoms with Gasteiger partial charge in [-0.05, 0) is 82.3 Å². The Labute approximate surface area is 226 Å². The van der Waals surface area contributed by atoms with Crippen LogP contribution in [0.3, 0.4) is 0 Å². The molecule has 0 heterocycles. The Morgan fingerprint density at radius 3 is 2.21 bits per heavy atom. The molecule has 2 unspecified atom stereocenters. The van der Waals surface area contributed by atoms with E-state index in [4.69, 9.17) is 15.9 Å². The van der Waals surface area contributed by atoms with Crippen LogP contribution in [0.4, 0.5) is 10.5 Å². The third kappa shape index (κ3) is 8.55. The summed E-state index contributed by atoms with van der Waals surface area (Å²) in [5.41, 5.74) is 2.05. The second kappa shape index (κ2) is 13.0. The Morgan fingerprint density at radius 2 is 1.68 bits per heavy atom. The Hall–Kier alpha value is -3.99. The molecule has 0 radical (unpaired) electrons. The lowest BCUT2D eigenvalue weighted by Gasteiger charge is -2.31. The lowest BCUT2D eigenvalue weighted by Crippen LogP contribution is -2.51. The van der Waals surface area contributed by atoms with Crippen LogP contribution in [0.2, 0.25) is 0 Å². The van der Waals surface area contributed by atoms with Crippen molar-refractivity contribution in [2.45, 2.75) is 72.6 Å². The molecule has 0 aliphatic heterocycles. The van der Waals surface area contributed by atoms with Gasteiger partial charge in [0, 0.05) is 11.7 Å². The van der Waals surface area contributed by atoms with Crippen molar-refractivity contribution in [1.82, 2.24) is 10.2 Å². The van der Waals surface area contributed by atoms with Gasteiger partial charge in [0.15, 0.2) is 0 Å². The number of hydrogen-bond acceptors (Lipinski definition) is 5. The standard InChI is InChI=1S/C30H39N3O5/c1-10-33(28(35)25(17-19(2)3)32-29(36)38-30(6,7)8)26(24-18-20(4)11-12-21(24)5)27(34)31-22-13-15-23(37-9)16-14-22/h1,11-16,18-19,25-26H,17H2,2-9H3,(H,31,34)(H,32,36). The molecule has 0 aromatic heterocycles. The highest BCUT2D eigenvalue weighted by Crippen LogP contribution is 2.28. The van der Waals surface area contributed by atoms with Crippen LogP contribution in [0.1, 0.15) is 63.8 Å². The molecule has 0 saturated heterocycles. The number of anilines is 1. The SMILES string of the molecule is C#CN(C(=O)C(CC(C)C)NC(=O)OC(C)(C)C)C(C(=O)Nc1ccc(OC)cc1)c1cc(C)ccc1C. The molecule has 8 heteroatoms. The van der Waals surface area contributed by atoms with E-state index in [1.807, 2.05) is 45.9 Å². The fourth-order valence-electron chi connectivity index (χ4n) is 3.91. The number of methoxy groups -OCH3 is 1. The monoisotopic (exact) mass is 521 g/mol. The largest absolute Gasteiger partial charge is 0.497 e. The molecule has 2 atom stereocenters. The van der Waals surface area contributed by atoms with E-state index in [1.54, 1.807) is 52.1 Å². The lowest BCUT2D eigenvalue weighted by molar-refractivity contribution is -0.137. The zero-order valence-electron chi connectivity index (χ0n) is 23.5. The first-order chi connectivity index (χ1) is 17.7. The molecule has 0 fully saturated rings. The number of amides is 3. The fourth-order valence-corrected chi connectivity index (χ4v) is 3.91. The number of ether oxygens (including phenoxy) is 2. The van der Waals surface area contributed by atoms with Crippen LogP contribution < -0.4 is 15.4 Å². The minimum atomic E-state index is -1.15. The molecule has 2 aromatic carbocycles. The van der Waals surface area contributed by atoms with Crippen molar-refractivity contribution in [2.24, 2.45) is 5.92 Å². The third-order valence-corrected chi connectivity index (χ3v) is 5.67. The van der Waals surface area contributed by atoms with E-state index in [0.29, 0.717) is 23.4 Å². The zero-order chi connectivity index (χ0) is 28.6. The van der Waals surface area contributed by atoms with Gasteiger partial charge in [-0.15, -0.1) is 0 Å². The van der Waals surface area contributed by atoms with Crippen LogP contribution in [-0.2, 0) is 14.3 Å². The number of terminal acetylenes is 1. The van der Waals surface area contributed by atoms with Crippen molar-refractivity contribution < 1.29 is 23.9 Å². The molecular weight excluding hydrogens is 482 g/mol. The number of rotatable bonds is 9. The van der Waals surface area contributed by atoms with E-state index < -0.39 is 35.6 Å². The van der Waals surface area contributed by atoms with Crippen molar-refractivity contribution in [2.75, 3.05) is 12.4 Å². The predicted octanol–water partition coefficient (Wildman–Crippen LogP) is 5.35. The maximum Gasteiger partial charge on any atom is 0.408 e. The summed E-state index contributed by atoms with van der Waals surface area (Å²) >= 11 is 0. The smallest absolute Gasteiger partial charge is 0.408 e. The van der Waals surface area contributed by atoms with Gasteiger partial charge in [-0.1, -0.05) is 44.0 Å².